The molecule has 0 unspecified atom stereocenters. The van der Waals surface area contributed by atoms with Crippen LogP contribution in [-0.2, 0) is 31.2 Å². The Hall–Kier alpha value is -2.09. The summed E-state index contributed by atoms with van der Waals surface area (Å²) in [6.45, 7) is 2.61. The van der Waals surface area contributed by atoms with E-state index in [2.05, 4.69) is 10.4 Å². The van der Waals surface area contributed by atoms with Gasteiger partial charge in [-0.3, -0.25) is 9.48 Å². The molecule has 0 aliphatic rings. The summed E-state index contributed by atoms with van der Waals surface area (Å²) in [4.78, 5) is 12.0. The molecule has 0 fully saturated rings. The van der Waals surface area contributed by atoms with Crippen molar-refractivity contribution in [1.82, 2.24) is 15.1 Å². The molecule has 0 radical (unpaired) electrons. The van der Waals surface area contributed by atoms with Gasteiger partial charge in [-0.15, -0.1) is 0 Å². The van der Waals surface area contributed by atoms with Crippen LogP contribution in [0.1, 0.15) is 35.9 Å². The molecule has 26 heavy (non-hydrogen) atoms. The van der Waals surface area contributed by atoms with Crippen LogP contribution >= 0.6 is 11.6 Å². The third kappa shape index (κ3) is 3.85. The molecule has 0 spiro atoms. The fraction of sp³-hybridized carbons (Fsp3) is 0.412. The van der Waals surface area contributed by atoms with Crippen LogP contribution in [0.5, 0.6) is 0 Å². The van der Waals surface area contributed by atoms with Gasteiger partial charge >= 0.3 is 0 Å². The van der Waals surface area contributed by atoms with Crippen molar-refractivity contribution < 1.29 is 22.4 Å². The Labute approximate surface area is 153 Å². The number of nitrogens with one attached hydrogen (secondary N) is 1. The maximum absolute atomic E-state index is 14.1. The van der Waals surface area contributed by atoms with Crippen molar-refractivity contribution in [3.05, 3.63) is 50.8 Å². The molecule has 0 saturated carbocycles. The van der Waals surface area contributed by atoms with Gasteiger partial charge in [0.1, 0.15) is 0 Å². The number of rotatable bonds is 6. The number of aryl methyl sites for hydroxylation is 2. The highest BCUT2D eigenvalue weighted by molar-refractivity contribution is 6.32. The maximum Gasteiger partial charge on any atom is 0.226 e. The minimum atomic E-state index is -1.50. The van der Waals surface area contributed by atoms with Gasteiger partial charge in [-0.25, -0.2) is 17.6 Å². The van der Waals surface area contributed by atoms with E-state index in [4.69, 9.17) is 11.6 Å². The number of aromatic nitrogens is 2. The predicted molar refractivity (Wildman–Crippen MR) is 88.8 cm³/mol. The summed E-state index contributed by atoms with van der Waals surface area (Å²) in [5.41, 5.74) is -0.543. The largest absolute Gasteiger partial charge is 0.351 e. The second-order valence-electron chi connectivity index (χ2n) is 5.89. The maximum atomic E-state index is 14.1. The molecular weight excluding hydrogens is 374 g/mol. The second kappa shape index (κ2) is 8.07. The van der Waals surface area contributed by atoms with E-state index in [0.29, 0.717) is 22.8 Å². The minimum absolute atomic E-state index is 0.128. The molecule has 1 aromatic carbocycles. The molecule has 0 atom stereocenters. The lowest BCUT2D eigenvalue weighted by atomic mass is 10.0. The second-order valence-corrected chi connectivity index (χ2v) is 6.26. The Balaban J connectivity index is 2.18. The first-order valence-electron chi connectivity index (χ1n) is 7.97. The van der Waals surface area contributed by atoms with Gasteiger partial charge in [0.05, 0.1) is 22.8 Å². The quantitative estimate of drug-likeness (QED) is 0.602. The van der Waals surface area contributed by atoms with E-state index in [-0.39, 0.29) is 12.8 Å². The van der Waals surface area contributed by atoms with Crippen molar-refractivity contribution in [2.45, 2.75) is 39.7 Å². The SMILES string of the molecule is CCCc1c(F)c(F)c(CNC(=O)Cc2c(Cl)c(C)nn2C)c(F)c1F. The molecule has 1 amide bonds. The lowest BCUT2D eigenvalue weighted by Crippen LogP contribution is -2.27. The molecule has 1 heterocycles. The molecule has 2 aromatic rings. The van der Waals surface area contributed by atoms with E-state index < -0.39 is 46.8 Å². The van der Waals surface area contributed by atoms with Gasteiger partial charge in [-0.2, -0.15) is 5.10 Å². The highest BCUT2D eigenvalue weighted by atomic mass is 35.5. The Morgan fingerprint density at radius 1 is 1.12 bits per heavy atom. The topological polar surface area (TPSA) is 46.9 Å². The number of benzene rings is 1. The molecule has 4 nitrogen and oxygen atoms in total. The van der Waals surface area contributed by atoms with E-state index in [9.17, 15) is 22.4 Å². The Kier molecular flexibility index (Phi) is 6.28. The highest BCUT2D eigenvalue weighted by Crippen LogP contribution is 2.25. The van der Waals surface area contributed by atoms with Gasteiger partial charge in [-0.05, 0) is 13.3 Å². The molecule has 142 valence electrons. The van der Waals surface area contributed by atoms with E-state index in [0.717, 1.165) is 0 Å². The van der Waals surface area contributed by atoms with Crippen molar-refractivity contribution in [3.8, 4) is 0 Å². The van der Waals surface area contributed by atoms with Crippen molar-refractivity contribution in [2.75, 3.05) is 0 Å². The van der Waals surface area contributed by atoms with Crippen LogP contribution in [0, 0.1) is 30.2 Å². The molecular formula is C17H18ClF4N3O. The van der Waals surface area contributed by atoms with E-state index in [1.165, 1.54) is 4.68 Å². The molecule has 1 N–H and O–H groups in total. The summed E-state index contributed by atoms with van der Waals surface area (Å²) >= 11 is 6.03. The van der Waals surface area contributed by atoms with Crippen LogP contribution in [0.2, 0.25) is 5.02 Å². The number of carbonyl (C=O) groups is 1. The minimum Gasteiger partial charge on any atom is -0.351 e. The summed E-state index contributed by atoms with van der Waals surface area (Å²) in [7, 11) is 1.60. The van der Waals surface area contributed by atoms with Crippen molar-refractivity contribution in [3.63, 3.8) is 0 Å². The average molecular weight is 392 g/mol. The number of carbonyl (C=O) groups excluding carboxylic acids is 1. The number of nitrogens with zero attached hydrogens (tertiary/aromatic N) is 2. The number of hydrogen-bond acceptors (Lipinski definition) is 2. The molecule has 2 rings (SSSR count). The van der Waals surface area contributed by atoms with E-state index in [1.54, 1.807) is 20.9 Å². The lowest BCUT2D eigenvalue weighted by Gasteiger charge is -2.12. The Morgan fingerprint density at radius 2 is 1.65 bits per heavy atom. The molecule has 0 aliphatic carbocycles. The summed E-state index contributed by atoms with van der Waals surface area (Å²) in [5.74, 6) is -6.48. The molecule has 9 heteroatoms. The van der Waals surface area contributed by atoms with E-state index in [1.807, 2.05) is 0 Å². The highest BCUT2D eigenvalue weighted by Gasteiger charge is 2.25. The van der Waals surface area contributed by atoms with E-state index >= 15 is 0 Å². The van der Waals surface area contributed by atoms with Crippen LogP contribution in [-0.4, -0.2) is 15.7 Å². The third-order valence-electron chi connectivity index (χ3n) is 4.00. The summed E-state index contributed by atoms with van der Waals surface area (Å²) < 4.78 is 57.4. The molecule has 0 bridgehead atoms. The van der Waals surface area contributed by atoms with Gasteiger partial charge in [0.25, 0.3) is 0 Å². The summed E-state index contributed by atoms with van der Waals surface area (Å²) in [5, 5.41) is 6.60. The van der Waals surface area contributed by atoms with Gasteiger partial charge in [0.2, 0.25) is 5.91 Å². The van der Waals surface area contributed by atoms with Gasteiger partial charge in [0, 0.05) is 24.7 Å². The number of hydrogen-bond donors (Lipinski definition) is 1. The smallest absolute Gasteiger partial charge is 0.226 e. The molecule has 1 aromatic heterocycles. The van der Waals surface area contributed by atoms with Crippen molar-refractivity contribution in [1.29, 1.82) is 0 Å². The molecule has 0 aliphatic heterocycles. The zero-order valence-electron chi connectivity index (χ0n) is 14.5. The summed E-state index contributed by atoms with van der Waals surface area (Å²) in [6, 6.07) is 0. The van der Waals surface area contributed by atoms with Crippen LogP contribution in [0.4, 0.5) is 17.6 Å². The fourth-order valence-corrected chi connectivity index (χ4v) is 2.85. The number of amides is 1. The lowest BCUT2D eigenvalue weighted by molar-refractivity contribution is -0.120. The van der Waals surface area contributed by atoms with Gasteiger partial charge < -0.3 is 5.32 Å². The van der Waals surface area contributed by atoms with Crippen molar-refractivity contribution >= 4 is 17.5 Å². The summed E-state index contributed by atoms with van der Waals surface area (Å²) in [6.07, 6.45) is 0.00244. The van der Waals surface area contributed by atoms with Crippen LogP contribution in [0.3, 0.4) is 0 Å². The zero-order valence-corrected chi connectivity index (χ0v) is 15.3. The first-order chi connectivity index (χ1) is 12.2. The van der Waals surface area contributed by atoms with Gasteiger partial charge in [0.15, 0.2) is 23.3 Å². The van der Waals surface area contributed by atoms with Crippen LogP contribution in [0.25, 0.3) is 0 Å². The normalized spacial score (nSPS) is 11.1. The standard InChI is InChI=1S/C17H18ClF4N3O/c1-4-5-9-14(19)16(21)10(17(22)15(9)20)7-23-12(26)6-11-13(18)8(2)24-25(11)3/h4-7H2,1-3H3,(H,23,26). The Morgan fingerprint density at radius 3 is 2.12 bits per heavy atom. The van der Waals surface area contributed by atoms with Crippen molar-refractivity contribution in [2.24, 2.45) is 7.05 Å². The predicted octanol–water partition coefficient (Wildman–Crippen LogP) is 3.75. The van der Waals surface area contributed by atoms with Crippen LogP contribution < -0.4 is 5.32 Å². The fourth-order valence-electron chi connectivity index (χ4n) is 2.62. The number of halogens is 5. The average Bonchev–Trinajstić information content (AvgIpc) is 2.83. The first-order valence-corrected chi connectivity index (χ1v) is 8.35. The Bertz CT molecular complexity index is 822. The monoisotopic (exact) mass is 391 g/mol. The first kappa shape index (κ1) is 20.2. The zero-order chi connectivity index (χ0) is 19.6. The van der Waals surface area contributed by atoms with Crippen LogP contribution in [0.15, 0.2) is 0 Å². The molecule has 0 saturated heterocycles. The van der Waals surface area contributed by atoms with Gasteiger partial charge in [-0.1, -0.05) is 24.9 Å². The third-order valence-corrected chi connectivity index (χ3v) is 4.49.